The van der Waals surface area contributed by atoms with E-state index in [0.29, 0.717) is 18.6 Å². The lowest BCUT2D eigenvalue weighted by atomic mass is 9.97. The molecular formula is C17H17NO3. The molecule has 3 rings (SSSR count). The Labute approximate surface area is 123 Å². The van der Waals surface area contributed by atoms with Crippen LogP contribution in [0.15, 0.2) is 36.5 Å². The monoisotopic (exact) mass is 283 g/mol. The molecule has 0 saturated carbocycles. The number of aromatic nitrogens is 1. The summed E-state index contributed by atoms with van der Waals surface area (Å²) in [6, 6.07) is 9.15. The molecule has 0 radical (unpaired) electrons. The fourth-order valence-corrected chi connectivity index (χ4v) is 2.74. The molecule has 0 amide bonds. The fourth-order valence-electron chi connectivity index (χ4n) is 2.74. The standard InChI is InChI=1S/C17H17NO3/c1-2-21-17(20)12-6-8-13(9-7-12)18-11-10-14-15(18)4-3-5-16(14)19/h6-11H,2-5H2,1H3. The Kier molecular flexibility index (Phi) is 3.60. The first-order valence-corrected chi connectivity index (χ1v) is 7.21. The van der Waals surface area contributed by atoms with Crippen molar-refractivity contribution >= 4 is 11.8 Å². The lowest BCUT2D eigenvalue weighted by Crippen LogP contribution is -2.12. The molecule has 0 aliphatic heterocycles. The summed E-state index contributed by atoms with van der Waals surface area (Å²) in [4.78, 5) is 23.5. The zero-order chi connectivity index (χ0) is 14.8. The number of carbonyl (C=O) groups excluding carboxylic acids is 2. The number of ketones is 1. The van der Waals surface area contributed by atoms with E-state index < -0.39 is 0 Å². The normalized spacial score (nSPS) is 13.9. The second-order valence-corrected chi connectivity index (χ2v) is 5.09. The van der Waals surface area contributed by atoms with Gasteiger partial charge in [-0.05, 0) is 50.1 Å². The molecule has 0 unspecified atom stereocenters. The van der Waals surface area contributed by atoms with E-state index in [-0.39, 0.29) is 11.8 Å². The molecule has 1 aliphatic rings. The number of hydrogen-bond acceptors (Lipinski definition) is 3. The Morgan fingerprint density at radius 3 is 2.67 bits per heavy atom. The van der Waals surface area contributed by atoms with Crippen molar-refractivity contribution < 1.29 is 14.3 Å². The molecule has 4 nitrogen and oxygen atoms in total. The van der Waals surface area contributed by atoms with Crippen molar-refractivity contribution in [1.29, 1.82) is 0 Å². The maximum atomic E-state index is 11.9. The SMILES string of the molecule is CCOC(=O)c1ccc(-n2ccc3c2CCCC3=O)cc1. The number of ether oxygens (including phenoxy) is 1. The number of rotatable bonds is 3. The van der Waals surface area contributed by atoms with Gasteiger partial charge in [0.25, 0.3) is 0 Å². The smallest absolute Gasteiger partial charge is 0.338 e. The quantitative estimate of drug-likeness (QED) is 0.813. The molecule has 1 aromatic heterocycles. The number of hydrogen-bond donors (Lipinski definition) is 0. The van der Waals surface area contributed by atoms with Crippen molar-refractivity contribution in [2.45, 2.75) is 26.2 Å². The molecule has 0 spiro atoms. The van der Waals surface area contributed by atoms with Crippen LogP contribution in [0.4, 0.5) is 0 Å². The van der Waals surface area contributed by atoms with E-state index in [2.05, 4.69) is 0 Å². The number of nitrogens with zero attached hydrogens (tertiary/aromatic N) is 1. The first-order chi connectivity index (χ1) is 10.2. The van der Waals surface area contributed by atoms with Crippen LogP contribution >= 0.6 is 0 Å². The van der Waals surface area contributed by atoms with Crippen LogP contribution in [-0.4, -0.2) is 22.9 Å². The van der Waals surface area contributed by atoms with E-state index in [0.717, 1.165) is 29.8 Å². The van der Waals surface area contributed by atoms with Crippen LogP contribution in [-0.2, 0) is 11.2 Å². The molecule has 21 heavy (non-hydrogen) atoms. The first kappa shape index (κ1) is 13.6. The lowest BCUT2D eigenvalue weighted by Gasteiger charge is -2.15. The van der Waals surface area contributed by atoms with E-state index in [4.69, 9.17) is 4.74 Å². The van der Waals surface area contributed by atoms with Gasteiger partial charge >= 0.3 is 5.97 Å². The minimum absolute atomic E-state index is 0.221. The summed E-state index contributed by atoms with van der Waals surface area (Å²) < 4.78 is 7.00. The average molecular weight is 283 g/mol. The summed E-state index contributed by atoms with van der Waals surface area (Å²) in [6.07, 6.45) is 4.37. The number of esters is 1. The van der Waals surface area contributed by atoms with E-state index in [9.17, 15) is 9.59 Å². The van der Waals surface area contributed by atoms with Crippen molar-refractivity contribution in [3.63, 3.8) is 0 Å². The van der Waals surface area contributed by atoms with E-state index in [1.165, 1.54) is 0 Å². The van der Waals surface area contributed by atoms with Gasteiger partial charge in [-0.2, -0.15) is 0 Å². The van der Waals surface area contributed by atoms with Gasteiger partial charge in [0, 0.05) is 29.6 Å². The molecule has 0 atom stereocenters. The molecule has 1 aliphatic carbocycles. The molecule has 0 N–H and O–H groups in total. The molecule has 4 heteroatoms. The summed E-state index contributed by atoms with van der Waals surface area (Å²) in [6.45, 7) is 2.16. The minimum atomic E-state index is -0.311. The third kappa shape index (κ3) is 2.49. The predicted octanol–water partition coefficient (Wildman–Crippen LogP) is 3.17. The van der Waals surface area contributed by atoms with Crippen molar-refractivity contribution in [2.75, 3.05) is 6.61 Å². The Morgan fingerprint density at radius 1 is 1.19 bits per heavy atom. The van der Waals surface area contributed by atoms with E-state index >= 15 is 0 Å². The van der Waals surface area contributed by atoms with Crippen LogP contribution in [0.2, 0.25) is 0 Å². The topological polar surface area (TPSA) is 48.3 Å². The summed E-state index contributed by atoms with van der Waals surface area (Å²) in [5, 5.41) is 0. The maximum Gasteiger partial charge on any atom is 0.338 e. The number of Topliss-reactive ketones (excluding diaryl/α,β-unsaturated/α-hetero) is 1. The fraction of sp³-hybridized carbons (Fsp3) is 0.294. The number of benzene rings is 1. The van der Waals surface area contributed by atoms with Crippen molar-refractivity contribution in [2.24, 2.45) is 0 Å². The van der Waals surface area contributed by atoms with Gasteiger partial charge < -0.3 is 9.30 Å². The third-order valence-corrected chi connectivity index (χ3v) is 3.77. The van der Waals surface area contributed by atoms with Gasteiger partial charge in [0.15, 0.2) is 5.78 Å². The highest BCUT2D eigenvalue weighted by Gasteiger charge is 2.21. The second kappa shape index (κ2) is 5.56. The number of carbonyl (C=O) groups is 2. The van der Waals surface area contributed by atoms with Crippen molar-refractivity contribution in [1.82, 2.24) is 4.57 Å². The van der Waals surface area contributed by atoms with Crippen LogP contribution < -0.4 is 0 Å². The maximum absolute atomic E-state index is 11.9. The van der Waals surface area contributed by atoms with Crippen LogP contribution in [0.3, 0.4) is 0 Å². The van der Waals surface area contributed by atoms with Gasteiger partial charge in [-0.25, -0.2) is 4.79 Å². The average Bonchev–Trinajstić information content (AvgIpc) is 2.93. The molecule has 1 heterocycles. The van der Waals surface area contributed by atoms with Gasteiger partial charge in [-0.3, -0.25) is 4.79 Å². The molecule has 108 valence electrons. The van der Waals surface area contributed by atoms with Gasteiger partial charge in [-0.15, -0.1) is 0 Å². The largest absolute Gasteiger partial charge is 0.462 e. The Balaban J connectivity index is 1.91. The predicted molar refractivity (Wildman–Crippen MR) is 79.0 cm³/mol. The molecule has 0 bridgehead atoms. The zero-order valence-corrected chi connectivity index (χ0v) is 12.0. The van der Waals surface area contributed by atoms with Crippen LogP contribution in [0, 0.1) is 0 Å². The Morgan fingerprint density at radius 2 is 1.95 bits per heavy atom. The van der Waals surface area contributed by atoms with Gasteiger partial charge in [0.2, 0.25) is 0 Å². The highest BCUT2D eigenvalue weighted by Crippen LogP contribution is 2.25. The molecule has 0 fully saturated rings. The first-order valence-electron chi connectivity index (χ1n) is 7.21. The van der Waals surface area contributed by atoms with Gasteiger partial charge in [-0.1, -0.05) is 0 Å². The Bertz CT molecular complexity index is 683. The molecule has 0 saturated heterocycles. The molecule has 2 aromatic rings. The summed E-state index contributed by atoms with van der Waals surface area (Å²) in [7, 11) is 0. The van der Waals surface area contributed by atoms with Crippen LogP contribution in [0.25, 0.3) is 5.69 Å². The van der Waals surface area contributed by atoms with Gasteiger partial charge in [0.1, 0.15) is 0 Å². The zero-order valence-electron chi connectivity index (χ0n) is 12.0. The van der Waals surface area contributed by atoms with Crippen molar-refractivity contribution in [3.05, 3.63) is 53.3 Å². The molecule has 1 aromatic carbocycles. The van der Waals surface area contributed by atoms with E-state index in [1.807, 2.05) is 29.0 Å². The highest BCUT2D eigenvalue weighted by atomic mass is 16.5. The summed E-state index contributed by atoms with van der Waals surface area (Å²) >= 11 is 0. The minimum Gasteiger partial charge on any atom is -0.462 e. The summed E-state index contributed by atoms with van der Waals surface area (Å²) in [5.41, 5.74) is 3.39. The van der Waals surface area contributed by atoms with Crippen LogP contribution in [0.1, 0.15) is 46.2 Å². The van der Waals surface area contributed by atoms with Gasteiger partial charge in [0.05, 0.1) is 12.2 Å². The molecular weight excluding hydrogens is 266 g/mol. The van der Waals surface area contributed by atoms with Crippen molar-refractivity contribution in [3.8, 4) is 5.69 Å². The Hall–Kier alpha value is -2.36. The van der Waals surface area contributed by atoms with Crippen LogP contribution in [0.5, 0.6) is 0 Å². The highest BCUT2D eigenvalue weighted by molar-refractivity contribution is 5.98. The second-order valence-electron chi connectivity index (χ2n) is 5.09. The number of fused-ring (bicyclic) bond motifs is 1. The van der Waals surface area contributed by atoms with E-state index in [1.54, 1.807) is 19.1 Å². The third-order valence-electron chi connectivity index (χ3n) is 3.77. The summed E-state index contributed by atoms with van der Waals surface area (Å²) in [5.74, 6) is -0.0908. The lowest BCUT2D eigenvalue weighted by molar-refractivity contribution is 0.0526.